The van der Waals surface area contributed by atoms with Gasteiger partial charge >= 0.3 is 0 Å². The van der Waals surface area contributed by atoms with Gasteiger partial charge in [0, 0.05) is 11.6 Å². The number of rotatable bonds is 5. The van der Waals surface area contributed by atoms with Gasteiger partial charge in [-0.1, -0.05) is 6.92 Å². The van der Waals surface area contributed by atoms with Crippen LogP contribution in [-0.4, -0.2) is 25.9 Å². The number of methoxy groups -OCH3 is 2. The van der Waals surface area contributed by atoms with Crippen LogP contribution in [-0.2, 0) is 0 Å². The minimum Gasteiger partial charge on any atom is -0.497 e. The lowest BCUT2D eigenvalue weighted by Crippen LogP contribution is -1.92. The van der Waals surface area contributed by atoms with Crippen molar-refractivity contribution in [1.82, 2.24) is 0 Å². The lowest BCUT2D eigenvalue weighted by molar-refractivity contribution is 0.329. The largest absolute Gasteiger partial charge is 0.497 e. The average Bonchev–Trinajstić information content (AvgIpc) is 2.35. The van der Waals surface area contributed by atoms with Gasteiger partial charge in [-0.2, -0.15) is 0 Å². The molecular formula is C13H18O3. The molecule has 0 unspecified atom stereocenters. The van der Waals surface area contributed by atoms with Crippen LogP contribution in [0, 0.1) is 0 Å². The van der Waals surface area contributed by atoms with Gasteiger partial charge in [-0.3, -0.25) is 0 Å². The van der Waals surface area contributed by atoms with Gasteiger partial charge < -0.3 is 14.6 Å². The van der Waals surface area contributed by atoms with Crippen LogP contribution < -0.4 is 9.47 Å². The predicted molar refractivity (Wildman–Crippen MR) is 64.9 cm³/mol. The van der Waals surface area contributed by atoms with Crippen molar-refractivity contribution in [2.45, 2.75) is 13.3 Å². The molecule has 0 aliphatic carbocycles. The van der Waals surface area contributed by atoms with Gasteiger partial charge in [0.2, 0.25) is 0 Å². The Morgan fingerprint density at radius 2 is 2.06 bits per heavy atom. The van der Waals surface area contributed by atoms with E-state index in [9.17, 15) is 0 Å². The molecule has 88 valence electrons. The highest BCUT2D eigenvalue weighted by molar-refractivity contribution is 5.61. The summed E-state index contributed by atoms with van der Waals surface area (Å²) in [6.07, 6.45) is 2.77. The van der Waals surface area contributed by atoms with Crippen molar-refractivity contribution in [2.24, 2.45) is 0 Å². The van der Waals surface area contributed by atoms with E-state index < -0.39 is 0 Å². The summed E-state index contributed by atoms with van der Waals surface area (Å²) in [6.45, 7) is 2.09. The molecule has 3 nitrogen and oxygen atoms in total. The monoisotopic (exact) mass is 222 g/mol. The molecule has 0 aromatic heterocycles. The lowest BCUT2D eigenvalue weighted by Gasteiger charge is -2.08. The number of hydrogen-bond donors (Lipinski definition) is 1. The molecule has 0 heterocycles. The van der Waals surface area contributed by atoms with Crippen molar-refractivity contribution in [3.05, 3.63) is 29.3 Å². The van der Waals surface area contributed by atoms with Crippen molar-refractivity contribution in [3.8, 4) is 11.5 Å². The summed E-state index contributed by atoms with van der Waals surface area (Å²) in [7, 11) is 3.24. The van der Waals surface area contributed by atoms with Crippen LogP contribution >= 0.6 is 0 Å². The minimum absolute atomic E-state index is 0.0751. The second-order valence-electron chi connectivity index (χ2n) is 3.42. The normalized spacial score (nSPS) is 11.4. The molecule has 0 atom stereocenters. The van der Waals surface area contributed by atoms with E-state index in [2.05, 4.69) is 0 Å². The smallest absolute Gasteiger partial charge is 0.129 e. The van der Waals surface area contributed by atoms with Gasteiger partial charge in [0.25, 0.3) is 0 Å². The van der Waals surface area contributed by atoms with Crippen LogP contribution in [0.25, 0.3) is 6.08 Å². The second-order valence-corrected chi connectivity index (χ2v) is 3.42. The molecule has 16 heavy (non-hydrogen) atoms. The highest BCUT2D eigenvalue weighted by Gasteiger charge is 2.03. The third kappa shape index (κ3) is 3.00. The average molecular weight is 222 g/mol. The van der Waals surface area contributed by atoms with E-state index in [4.69, 9.17) is 14.6 Å². The predicted octanol–water partition coefficient (Wildman–Crippen LogP) is 2.49. The third-order valence-corrected chi connectivity index (χ3v) is 2.46. The minimum atomic E-state index is 0.0751. The van der Waals surface area contributed by atoms with Gasteiger partial charge in [-0.15, -0.1) is 0 Å². The maximum Gasteiger partial charge on any atom is 0.129 e. The summed E-state index contributed by atoms with van der Waals surface area (Å²) >= 11 is 0. The Morgan fingerprint density at radius 1 is 1.31 bits per heavy atom. The summed E-state index contributed by atoms with van der Waals surface area (Å²) in [4.78, 5) is 0. The third-order valence-electron chi connectivity index (χ3n) is 2.46. The highest BCUT2D eigenvalue weighted by atomic mass is 16.5. The van der Waals surface area contributed by atoms with Gasteiger partial charge in [0.15, 0.2) is 0 Å². The summed E-state index contributed by atoms with van der Waals surface area (Å²) in [6, 6.07) is 5.62. The zero-order valence-electron chi connectivity index (χ0n) is 9.99. The maximum absolute atomic E-state index is 9.12. The molecule has 1 N–H and O–H groups in total. The Kier molecular flexibility index (Phi) is 4.86. The van der Waals surface area contributed by atoms with Crippen LogP contribution in [0.3, 0.4) is 0 Å². The Hall–Kier alpha value is -1.48. The molecule has 1 aromatic carbocycles. The van der Waals surface area contributed by atoms with E-state index in [0.717, 1.165) is 29.1 Å². The molecule has 3 heteroatoms. The second kappa shape index (κ2) is 6.18. The number of hydrogen-bond acceptors (Lipinski definition) is 3. The number of aliphatic hydroxyl groups excluding tert-OH is 1. The summed E-state index contributed by atoms with van der Waals surface area (Å²) in [5, 5.41) is 9.12. The molecule has 0 bridgehead atoms. The fourth-order valence-electron chi connectivity index (χ4n) is 1.42. The van der Waals surface area contributed by atoms with Crippen LogP contribution in [0.1, 0.15) is 18.9 Å². The van der Waals surface area contributed by atoms with E-state index in [1.165, 1.54) is 0 Å². The fourth-order valence-corrected chi connectivity index (χ4v) is 1.42. The molecule has 0 spiro atoms. The fraction of sp³-hybridized carbons (Fsp3) is 0.385. The zero-order chi connectivity index (χ0) is 12.0. The molecule has 1 rings (SSSR count). The van der Waals surface area contributed by atoms with Gasteiger partial charge in [0.1, 0.15) is 11.5 Å². The quantitative estimate of drug-likeness (QED) is 0.831. The topological polar surface area (TPSA) is 38.7 Å². The van der Waals surface area contributed by atoms with Crippen molar-refractivity contribution < 1.29 is 14.6 Å². The van der Waals surface area contributed by atoms with E-state index in [-0.39, 0.29) is 6.61 Å². The van der Waals surface area contributed by atoms with Crippen LogP contribution in [0.4, 0.5) is 0 Å². The van der Waals surface area contributed by atoms with Crippen molar-refractivity contribution in [2.75, 3.05) is 20.8 Å². The molecule has 0 fully saturated rings. The first-order valence-corrected chi connectivity index (χ1v) is 5.27. The van der Waals surface area contributed by atoms with Crippen molar-refractivity contribution in [1.29, 1.82) is 0 Å². The first-order valence-electron chi connectivity index (χ1n) is 5.27. The van der Waals surface area contributed by atoms with E-state index in [0.29, 0.717) is 0 Å². The molecule has 0 amide bonds. The summed E-state index contributed by atoms with van der Waals surface area (Å²) in [5.41, 5.74) is 1.93. The Bertz CT molecular complexity index is 363. The standard InChI is InChI=1S/C13H18O3/c1-4-10(9-14)7-11-5-6-12(15-2)8-13(11)16-3/h5-8,14H,4,9H2,1-3H3. The van der Waals surface area contributed by atoms with Crippen LogP contribution in [0.5, 0.6) is 11.5 Å². The molecule has 0 saturated heterocycles. The molecule has 0 aliphatic heterocycles. The number of benzene rings is 1. The number of aliphatic hydroxyl groups is 1. The summed E-state index contributed by atoms with van der Waals surface area (Å²) < 4.78 is 10.4. The summed E-state index contributed by atoms with van der Waals surface area (Å²) in [5.74, 6) is 1.51. The molecular weight excluding hydrogens is 204 g/mol. The Balaban J connectivity index is 3.08. The van der Waals surface area contributed by atoms with Gasteiger partial charge in [-0.25, -0.2) is 0 Å². The van der Waals surface area contributed by atoms with Crippen molar-refractivity contribution in [3.63, 3.8) is 0 Å². The number of ether oxygens (including phenoxy) is 2. The molecule has 0 saturated carbocycles. The van der Waals surface area contributed by atoms with Crippen LogP contribution in [0.2, 0.25) is 0 Å². The van der Waals surface area contributed by atoms with Crippen LogP contribution in [0.15, 0.2) is 23.8 Å². The molecule has 0 radical (unpaired) electrons. The highest BCUT2D eigenvalue weighted by Crippen LogP contribution is 2.26. The van der Waals surface area contributed by atoms with Gasteiger partial charge in [0.05, 0.1) is 20.8 Å². The van der Waals surface area contributed by atoms with E-state index >= 15 is 0 Å². The SMILES string of the molecule is CCC(=Cc1ccc(OC)cc1OC)CO. The van der Waals surface area contributed by atoms with E-state index in [1.54, 1.807) is 14.2 Å². The Morgan fingerprint density at radius 3 is 2.56 bits per heavy atom. The Labute approximate surface area is 96.3 Å². The molecule has 0 aliphatic rings. The van der Waals surface area contributed by atoms with Gasteiger partial charge in [-0.05, 0) is 30.2 Å². The first-order chi connectivity index (χ1) is 7.74. The lowest BCUT2D eigenvalue weighted by atomic mass is 10.1. The zero-order valence-corrected chi connectivity index (χ0v) is 9.99. The van der Waals surface area contributed by atoms with Crippen molar-refractivity contribution >= 4 is 6.08 Å². The van der Waals surface area contributed by atoms with E-state index in [1.807, 2.05) is 31.2 Å². The maximum atomic E-state index is 9.12. The molecule has 1 aromatic rings. The first kappa shape index (κ1) is 12.6.